The SMILES string of the molecule is CC(O)C1C(=O)N2[C@@H]1SC(C)(C)[C@@H]2C(=O)O.[NaH]. The van der Waals surface area contributed by atoms with E-state index in [4.69, 9.17) is 5.11 Å². The van der Waals surface area contributed by atoms with Crippen molar-refractivity contribution in [2.45, 2.75) is 43.0 Å². The average molecular weight is 269 g/mol. The molecule has 4 atom stereocenters. The third-order valence-corrected chi connectivity index (χ3v) is 4.83. The van der Waals surface area contributed by atoms with E-state index in [0.29, 0.717) is 0 Å². The number of amides is 1. The van der Waals surface area contributed by atoms with Crippen LogP contribution in [0.5, 0.6) is 0 Å². The number of hydrogen-bond donors (Lipinski definition) is 2. The normalized spacial score (nSPS) is 35.6. The number of β-lactam (4-membered cyclic amide) rings is 1. The Balaban J connectivity index is 0.00000144. The molecule has 2 unspecified atom stereocenters. The third-order valence-electron chi connectivity index (χ3n) is 3.24. The number of thioether (sulfide) groups is 1. The molecule has 0 aromatic heterocycles. The first-order chi connectivity index (χ1) is 7.27. The molecule has 5 nitrogen and oxygen atoms in total. The van der Waals surface area contributed by atoms with Crippen LogP contribution < -0.4 is 0 Å². The van der Waals surface area contributed by atoms with E-state index in [2.05, 4.69) is 0 Å². The Kier molecular flexibility index (Phi) is 4.26. The summed E-state index contributed by atoms with van der Waals surface area (Å²) in [5, 5.41) is 18.4. The molecule has 0 spiro atoms. The summed E-state index contributed by atoms with van der Waals surface area (Å²) in [5.41, 5.74) is 0. The van der Waals surface area contributed by atoms with Crippen molar-refractivity contribution in [2.24, 2.45) is 5.92 Å². The standard InChI is InChI=1S/C10H15NO4S.Na.H/c1-4(12)5-7(13)11-6(9(14)15)10(2,3)16-8(5)11;;/h4-6,8,12H,1-3H3,(H,14,15);;/t4?,5?,6-,8+;;/m0../s1. The number of carboxylic acids is 1. The fourth-order valence-corrected chi connectivity index (χ4v) is 4.28. The van der Waals surface area contributed by atoms with Crippen LogP contribution in [0.15, 0.2) is 0 Å². The maximum absolute atomic E-state index is 11.8. The van der Waals surface area contributed by atoms with Crippen molar-refractivity contribution in [1.82, 2.24) is 4.90 Å². The zero-order chi connectivity index (χ0) is 12.2. The first kappa shape index (κ1) is 15.3. The average Bonchev–Trinajstić information content (AvgIpc) is 2.33. The molecule has 0 bridgehead atoms. The quantitative estimate of drug-likeness (QED) is 0.521. The summed E-state index contributed by atoms with van der Waals surface area (Å²) in [6.45, 7) is 5.21. The molecule has 17 heavy (non-hydrogen) atoms. The molecular formula is C10H16NNaO4S. The molecule has 2 rings (SSSR count). The minimum atomic E-state index is -0.975. The van der Waals surface area contributed by atoms with E-state index in [-0.39, 0.29) is 40.8 Å². The third kappa shape index (κ3) is 2.14. The number of nitrogens with zero attached hydrogens (tertiary/aromatic N) is 1. The van der Waals surface area contributed by atoms with Crippen molar-refractivity contribution in [3.05, 3.63) is 0 Å². The molecule has 2 saturated heterocycles. The molecule has 0 radical (unpaired) electrons. The van der Waals surface area contributed by atoms with Crippen LogP contribution in [0.2, 0.25) is 0 Å². The van der Waals surface area contributed by atoms with Crippen LogP contribution in [0.3, 0.4) is 0 Å². The van der Waals surface area contributed by atoms with E-state index in [0.717, 1.165) is 0 Å². The van der Waals surface area contributed by atoms with Crippen molar-refractivity contribution < 1.29 is 19.8 Å². The van der Waals surface area contributed by atoms with Gasteiger partial charge in [0.25, 0.3) is 0 Å². The first-order valence-corrected chi connectivity index (χ1v) is 6.06. The summed E-state index contributed by atoms with van der Waals surface area (Å²) in [4.78, 5) is 24.3. The Morgan fingerprint density at radius 3 is 2.47 bits per heavy atom. The maximum atomic E-state index is 11.8. The van der Waals surface area contributed by atoms with Crippen LogP contribution in [0, 0.1) is 5.92 Å². The van der Waals surface area contributed by atoms with Gasteiger partial charge in [-0.05, 0) is 20.8 Å². The number of carbonyl (C=O) groups excluding carboxylic acids is 1. The second kappa shape index (κ2) is 4.74. The van der Waals surface area contributed by atoms with Crippen LogP contribution in [0.25, 0.3) is 0 Å². The molecule has 2 heterocycles. The van der Waals surface area contributed by atoms with Gasteiger partial charge in [-0.25, -0.2) is 4.79 Å². The first-order valence-electron chi connectivity index (χ1n) is 5.18. The number of hydrogen-bond acceptors (Lipinski definition) is 4. The Labute approximate surface area is 126 Å². The van der Waals surface area contributed by atoms with Crippen molar-refractivity contribution in [1.29, 1.82) is 0 Å². The zero-order valence-corrected chi connectivity index (χ0v) is 10.2. The number of carboxylic acid groups (broad SMARTS) is 1. The van der Waals surface area contributed by atoms with Gasteiger partial charge in [-0.15, -0.1) is 11.8 Å². The van der Waals surface area contributed by atoms with E-state index in [1.807, 2.05) is 13.8 Å². The molecule has 7 heteroatoms. The Hall–Kier alpha value is 0.250. The van der Waals surface area contributed by atoms with Gasteiger partial charge in [0, 0.05) is 4.75 Å². The summed E-state index contributed by atoms with van der Waals surface area (Å²) in [5.74, 6) is -1.67. The molecule has 0 saturated carbocycles. The number of carbonyl (C=O) groups is 2. The molecule has 0 aromatic rings. The summed E-state index contributed by atoms with van der Waals surface area (Å²) >= 11 is 1.46. The molecule has 2 aliphatic rings. The number of fused-ring (bicyclic) bond motifs is 1. The monoisotopic (exact) mass is 269 g/mol. The summed E-state index contributed by atoms with van der Waals surface area (Å²) in [6, 6.07) is -0.787. The predicted octanol–water partition coefficient (Wildman–Crippen LogP) is -0.518. The van der Waals surface area contributed by atoms with Gasteiger partial charge >= 0.3 is 35.5 Å². The van der Waals surface area contributed by atoms with E-state index in [1.54, 1.807) is 6.92 Å². The second-order valence-corrected chi connectivity index (χ2v) is 6.64. The number of aliphatic carboxylic acids is 1. The summed E-state index contributed by atoms with van der Waals surface area (Å²) in [7, 11) is 0. The second-order valence-electron chi connectivity index (χ2n) is 4.86. The van der Waals surface area contributed by atoms with E-state index < -0.39 is 28.8 Å². The van der Waals surface area contributed by atoms with Gasteiger partial charge in [0.05, 0.1) is 17.4 Å². The van der Waals surface area contributed by atoms with Gasteiger partial charge in [-0.1, -0.05) is 0 Å². The Morgan fingerprint density at radius 1 is 1.53 bits per heavy atom. The van der Waals surface area contributed by atoms with Crippen LogP contribution in [0.4, 0.5) is 0 Å². The van der Waals surface area contributed by atoms with Crippen LogP contribution in [-0.2, 0) is 9.59 Å². The van der Waals surface area contributed by atoms with Gasteiger partial charge in [-0.3, -0.25) is 4.79 Å². The van der Waals surface area contributed by atoms with E-state index in [9.17, 15) is 14.7 Å². The van der Waals surface area contributed by atoms with Crippen molar-refractivity contribution in [3.8, 4) is 0 Å². The number of aliphatic hydroxyl groups excluding tert-OH is 1. The molecule has 92 valence electrons. The van der Waals surface area contributed by atoms with Crippen LogP contribution in [0.1, 0.15) is 20.8 Å². The van der Waals surface area contributed by atoms with E-state index >= 15 is 0 Å². The summed E-state index contributed by atoms with van der Waals surface area (Å²) in [6.07, 6.45) is -0.718. The molecule has 0 aromatic carbocycles. The van der Waals surface area contributed by atoms with Crippen LogP contribution in [-0.4, -0.2) is 78.8 Å². The molecule has 1 amide bonds. The van der Waals surface area contributed by atoms with Crippen LogP contribution >= 0.6 is 11.8 Å². The fraction of sp³-hybridized carbons (Fsp3) is 0.800. The Bertz CT molecular complexity index is 360. The van der Waals surface area contributed by atoms with Crippen molar-refractivity contribution >= 4 is 53.2 Å². The number of aliphatic hydroxyl groups is 1. The van der Waals surface area contributed by atoms with Crippen molar-refractivity contribution in [2.75, 3.05) is 0 Å². The number of rotatable bonds is 2. The molecule has 2 aliphatic heterocycles. The van der Waals surface area contributed by atoms with Gasteiger partial charge in [-0.2, -0.15) is 0 Å². The van der Waals surface area contributed by atoms with Gasteiger partial charge in [0.1, 0.15) is 6.04 Å². The summed E-state index contributed by atoms with van der Waals surface area (Å²) < 4.78 is -0.504. The van der Waals surface area contributed by atoms with Gasteiger partial charge in [0.15, 0.2) is 0 Å². The molecule has 2 N–H and O–H groups in total. The van der Waals surface area contributed by atoms with Crippen molar-refractivity contribution in [3.63, 3.8) is 0 Å². The minimum absolute atomic E-state index is 0. The van der Waals surface area contributed by atoms with Gasteiger partial charge < -0.3 is 15.1 Å². The predicted molar refractivity (Wildman–Crippen MR) is 66.0 cm³/mol. The fourth-order valence-electron chi connectivity index (χ4n) is 2.49. The molecule has 2 fully saturated rings. The van der Waals surface area contributed by atoms with Gasteiger partial charge in [0.2, 0.25) is 5.91 Å². The van der Waals surface area contributed by atoms with E-state index in [1.165, 1.54) is 16.7 Å². The molecule has 0 aliphatic carbocycles. The molecular weight excluding hydrogens is 253 g/mol. The Morgan fingerprint density at radius 2 is 2.06 bits per heavy atom. The zero-order valence-electron chi connectivity index (χ0n) is 9.38. The topological polar surface area (TPSA) is 77.8 Å².